The van der Waals surface area contributed by atoms with E-state index in [0.29, 0.717) is 26.2 Å². The zero-order chi connectivity index (χ0) is 11.5. The Kier molecular flexibility index (Phi) is 3.90. The molecule has 0 spiro atoms. The van der Waals surface area contributed by atoms with Gasteiger partial charge in [0.1, 0.15) is 5.60 Å². The molecule has 1 rings (SSSR count). The summed E-state index contributed by atoms with van der Waals surface area (Å²) in [6, 6.07) is 0. The second-order valence-electron chi connectivity index (χ2n) is 4.50. The summed E-state index contributed by atoms with van der Waals surface area (Å²) in [5.41, 5.74) is -0.446. The van der Waals surface area contributed by atoms with Gasteiger partial charge < -0.3 is 9.64 Å². The molecule has 0 saturated carbocycles. The van der Waals surface area contributed by atoms with Crippen LogP contribution in [0.4, 0.5) is 4.79 Å². The summed E-state index contributed by atoms with van der Waals surface area (Å²) in [6.45, 7) is 7.92. The van der Waals surface area contributed by atoms with Crippen molar-refractivity contribution in [2.75, 3.05) is 26.2 Å². The maximum atomic E-state index is 11.6. The fraction of sp³-hybridized carbons (Fsp3) is 0.889. The van der Waals surface area contributed by atoms with Crippen LogP contribution in [0.3, 0.4) is 0 Å². The first-order chi connectivity index (χ1) is 6.92. The van der Waals surface area contributed by atoms with Gasteiger partial charge in [0.2, 0.25) is 0 Å². The van der Waals surface area contributed by atoms with Crippen molar-refractivity contribution in [3.05, 3.63) is 0 Å². The van der Waals surface area contributed by atoms with Crippen LogP contribution in [0, 0.1) is 0 Å². The molecule has 6 nitrogen and oxygen atoms in total. The summed E-state index contributed by atoms with van der Waals surface area (Å²) in [5, 5.41) is 1.61. The number of nitrogens with zero attached hydrogens (tertiary/aromatic N) is 2. The van der Waals surface area contributed by atoms with E-state index in [0.717, 1.165) is 0 Å². The molecule has 0 aliphatic carbocycles. The summed E-state index contributed by atoms with van der Waals surface area (Å²) in [5.74, 6) is 5.02. The molecule has 15 heavy (non-hydrogen) atoms. The Hall–Kier alpha value is -0.850. The van der Waals surface area contributed by atoms with Gasteiger partial charge in [-0.1, -0.05) is 0 Å². The van der Waals surface area contributed by atoms with Crippen molar-refractivity contribution in [2.24, 2.45) is 5.90 Å². The van der Waals surface area contributed by atoms with E-state index >= 15 is 0 Å². The largest absolute Gasteiger partial charge is 0.444 e. The molecule has 1 heterocycles. The molecule has 2 N–H and O–H groups in total. The highest BCUT2D eigenvalue weighted by Crippen LogP contribution is 2.11. The van der Waals surface area contributed by atoms with Crippen molar-refractivity contribution in [3.63, 3.8) is 0 Å². The average Bonchev–Trinajstić information content (AvgIpc) is 2.15. The third-order valence-electron chi connectivity index (χ3n) is 2.04. The van der Waals surface area contributed by atoms with Gasteiger partial charge in [-0.15, -0.1) is 0 Å². The Balaban J connectivity index is 2.37. The summed E-state index contributed by atoms with van der Waals surface area (Å²) in [4.78, 5) is 17.9. The number of hydrogen-bond acceptors (Lipinski definition) is 5. The number of hydroxylamine groups is 2. The highest BCUT2D eigenvalue weighted by molar-refractivity contribution is 5.68. The summed E-state index contributed by atoms with van der Waals surface area (Å²) in [7, 11) is 0. The topological polar surface area (TPSA) is 68.0 Å². The minimum absolute atomic E-state index is 0.279. The molecular formula is C9H19N3O3. The quantitative estimate of drug-likeness (QED) is 0.642. The first kappa shape index (κ1) is 12.2. The van der Waals surface area contributed by atoms with Crippen molar-refractivity contribution >= 4 is 6.09 Å². The van der Waals surface area contributed by atoms with Crippen molar-refractivity contribution in [2.45, 2.75) is 26.4 Å². The minimum Gasteiger partial charge on any atom is -0.444 e. The molecule has 6 heteroatoms. The molecule has 1 amide bonds. The normalized spacial score (nSPS) is 19.1. The van der Waals surface area contributed by atoms with Gasteiger partial charge >= 0.3 is 6.09 Å². The molecule has 1 saturated heterocycles. The lowest BCUT2D eigenvalue weighted by Crippen LogP contribution is -2.50. The van der Waals surface area contributed by atoms with Gasteiger partial charge in [-0.25, -0.2) is 9.73 Å². The summed E-state index contributed by atoms with van der Waals surface area (Å²) >= 11 is 0. The predicted molar refractivity (Wildman–Crippen MR) is 54.7 cm³/mol. The molecule has 0 aromatic rings. The van der Waals surface area contributed by atoms with Gasteiger partial charge in [0.15, 0.2) is 0 Å². The second kappa shape index (κ2) is 4.78. The predicted octanol–water partition coefficient (Wildman–Crippen LogP) is 0.344. The molecule has 0 aromatic carbocycles. The van der Waals surface area contributed by atoms with Crippen LogP contribution in [0.15, 0.2) is 0 Å². The monoisotopic (exact) mass is 217 g/mol. The van der Waals surface area contributed by atoms with E-state index in [4.69, 9.17) is 10.6 Å². The number of nitrogens with two attached hydrogens (primary N) is 1. The average molecular weight is 217 g/mol. The van der Waals surface area contributed by atoms with Crippen LogP contribution >= 0.6 is 0 Å². The van der Waals surface area contributed by atoms with Crippen LogP contribution in [0.5, 0.6) is 0 Å². The molecule has 1 aliphatic heterocycles. The number of carbonyl (C=O) groups is 1. The third-order valence-corrected chi connectivity index (χ3v) is 2.04. The number of ether oxygens (including phenoxy) is 1. The van der Waals surface area contributed by atoms with Crippen LogP contribution in [0.25, 0.3) is 0 Å². The highest BCUT2D eigenvalue weighted by atomic mass is 16.8. The Morgan fingerprint density at radius 1 is 1.20 bits per heavy atom. The van der Waals surface area contributed by atoms with Gasteiger partial charge in [0, 0.05) is 26.2 Å². The Bertz CT molecular complexity index is 219. The van der Waals surface area contributed by atoms with Gasteiger partial charge in [-0.3, -0.25) is 0 Å². The lowest BCUT2D eigenvalue weighted by atomic mass is 10.2. The Labute approximate surface area is 89.8 Å². The first-order valence-electron chi connectivity index (χ1n) is 5.02. The van der Waals surface area contributed by atoms with E-state index in [1.807, 2.05) is 20.8 Å². The van der Waals surface area contributed by atoms with Crippen molar-refractivity contribution < 1.29 is 14.5 Å². The zero-order valence-electron chi connectivity index (χ0n) is 9.52. The zero-order valence-corrected chi connectivity index (χ0v) is 9.52. The molecule has 0 unspecified atom stereocenters. The molecule has 0 radical (unpaired) electrons. The van der Waals surface area contributed by atoms with Crippen LogP contribution in [0.2, 0.25) is 0 Å². The van der Waals surface area contributed by atoms with E-state index in [1.54, 1.807) is 9.96 Å². The number of amides is 1. The lowest BCUT2D eigenvalue weighted by Gasteiger charge is -2.33. The summed E-state index contributed by atoms with van der Waals surface area (Å²) in [6.07, 6.45) is -0.279. The maximum Gasteiger partial charge on any atom is 0.410 e. The Morgan fingerprint density at radius 2 is 1.73 bits per heavy atom. The fourth-order valence-electron chi connectivity index (χ4n) is 1.30. The van der Waals surface area contributed by atoms with Gasteiger partial charge in [0.25, 0.3) is 0 Å². The molecule has 88 valence electrons. The van der Waals surface area contributed by atoms with E-state index in [1.165, 1.54) is 0 Å². The molecule has 1 fully saturated rings. The van der Waals surface area contributed by atoms with Gasteiger partial charge in [-0.2, -0.15) is 11.0 Å². The van der Waals surface area contributed by atoms with Crippen molar-refractivity contribution in [1.82, 2.24) is 9.96 Å². The van der Waals surface area contributed by atoms with E-state index in [9.17, 15) is 4.79 Å². The van der Waals surface area contributed by atoms with E-state index in [-0.39, 0.29) is 6.09 Å². The minimum atomic E-state index is -0.446. The molecule has 0 bridgehead atoms. The Morgan fingerprint density at radius 3 is 2.13 bits per heavy atom. The van der Waals surface area contributed by atoms with Crippen LogP contribution in [-0.4, -0.2) is 47.8 Å². The molecule has 1 aliphatic rings. The number of piperazine rings is 1. The second-order valence-corrected chi connectivity index (χ2v) is 4.50. The number of hydrogen-bond donors (Lipinski definition) is 1. The lowest BCUT2D eigenvalue weighted by molar-refractivity contribution is -0.179. The van der Waals surface area contributed by atoms with Crippen LogP contribution in [-0.2, 0) is 9.68 Å². The SMILES string of the molecule is CC(C)(C)OC(=O)N1CCN(ON)CC1. The third kappa shape index (κ3) is 4.03. The summed E-state index contributed by atoms with van der Waals surface area (Å²) < 4.78 is 5.24. The van der Waals surface area contributed by atoms with Gasteiger partial charge in [-0.05, 0) is 20.8 Å². The number of carbonyl (C=O) groups excluding carboxylic acids is 1. The first-order valence-corrected chi connectivity index (χ1v) is 5.02. The van der Waals surface area contributed by atoms with Crippen LogP contribution in [0.1, 0.15) is 20.8 Å². The van der Waals surface area contributed by atoms with E-state index in [2.05, 4.69) is 4.94 Å². The molecular weight excluding hydrogens is 198 g/mol. The molecule has 0 atom stereocenters. The van der Waals surface area contributed by atoms with Crippen molar-refractivity contribution in [1.29, 1.82) is 0 Å². The standard InChI is InChI=1S/C9H19N3O3/c1-9(2,3)14-8(13)11-4-6-12(15-10)7-5-11/h4-7,10H2,1-3H3. The van der Waals surface area contributed by atoms with E-state index < -0.39 is 5.60 Å². The fourth-order valence-corrected chi connectivity index (χ4v) is 1.30. The highest BCUT2D eigenvalue weighted by Gasteiger charge is 2.25. The van der Waals surface area contributed by atoms with Gasteiger partial charge in [0.05, 0.1) is 0 Å². The smallest absolute Gasteiger partial charge is 0.410 e. The maximum absolute atomic E-state index is 11.6. The van der Waals surface area contributed by atoms with Crippen molar-refractivity contribution in [3.8, 4) is 0 Å². The number of rotatable bonds is 1. The molecule has 0 aromatic heterocycles. The van der Waals surface area contributed by atoms with Crippen LogP contribution < -0.4 is 5.90 Å².